The highest BCUT2D eigenvalue weighted by Crippen LogP contribution is 2.41. The van der Waals surface area contributed by atoms with Gasteiger partial charge in [-0.15, -0.1) is 0 Å². The molecule has 0 bridgehead atoms. The van der Waals surface area contributed by atoms with Crippen molar-refractivity contribution < 1.29 is 22.7 Å². The molecular weight excluding hydrogens is 464 g/mol. The van der Waals surface area contributed by atoms with Crippen molar-refractivity contribution >= 4 is 42.6 Å². The summed E-state index contributed by atoms with van der Waals surface area (Å²) < 4.78 is 37.3. The molecule has 3 heterocycles. The molecule has 1 unspecified atom stereocenters. The van der Waals surface area contributed by atoms with Gasteiger partial charge in [-0.2, -0.15) is 0 Å². The van der Waals surface area contributed by atoms with E-state index in [4.69, 9.17) is 14.5 Å². The number of carbonyl (C=O) groups excluding carboxylic acids is 1. The highest BCUT2D eigenvalue weighted by atomic mass is 32.2. The monoisotopic (exact) mass is 490 g/mol. The van der Waals surface area contributed by atoms with Crippen LogP contribution in [0.4, 0.5) is 5.13 Å². The summed E-state index contributed by atoms with van der Waals surface area (Å²) in [4.78, 5) is 24.4. The predicted octanol–water partition coefficient (Wildman–Crippen LogP) is 2.91. The van der Waals surface area contributed by atoms with Gasteiger partial charge in [-0.25, -0.2) is 17.7 Å². The van der Waals surface area contributed by atoms with Crippen molar-refractivity contribution in [3.63, 3.8) is 0 Å². The summed E-state index contributed by atoms with van der Waals surface area (Å²) in [6.45, 7) is 0.811. The van der Waals surface area contributed by atoms with Crippen LogP contribution in [0, 0.1) is 5.92 Å². The number of hydrogen-bond donors (Lipinski definition) is 0. The third-order valence-electron chi connectivity index (χ3n) is 5.64. The number of anilines is 1. The highest BCUT2D eigenvalue weighted by molar-refractivity contribution is 7.88. The molecule has 0 N–H and O–H groups in total. The number of hydrogen-bond acceptors (Lipinski definition) is 8. The van der Waals surface area contributed by atoms with Crippen LogP contribution in [-0.2, 0) is 21.4 Å². The molecule has 1 aromatic carbocycles. The standard InChI is InChI=1S/C22H26N4O5S2/c1-30-17-9-10-18(31-2)20-19(17)24-22(32-20)26(14-16-8-4-5-11-23-16)21(27)15-7-6-12-25(13-15)33(3,28)29/h4-5,8-11,15H,6-7,12-14H2,1-3H3. The topological polar surface area (TPSA) is 102 Å². The molecular formula is C22H26N4O5S2. The fraction of sp³-hybridized carbons (Fsp3) is 0.409. The predicted molar refractivity (Wildman–Crippen MR) is 127 cm³/mol. The Morgan fingerprint density at radius 2 is 1.97 bits per heavy atom. The van der Waals surface area contributed by atoms with E-state index >= 15 is 0 Å². The summed E-state index contributed by atoms with van der Waals surface area (Å²) in [5.41, 5.74) is 1.32. The lowest BCUT2D eigenvalue weighted by Crippen LogP contribution is -2.46. The first-order valence-electron chi connectivity index (χ1n) is 10.5. The van der Waals surface area contributed by atoms with E-state index in [0.29, 0.717) is 47.2 Å². The van der Waals surface area contributed by atoms with E-state index < -0.39 is 15.9 Å². The van der Waals surface area contributed by atoms with E-state index in [2.05, 4.69) is 4.98 Å². The van der Waals surface area contributed by atoms with Crippen molar-refractivity contribution in [1.29, 1.82) is 0 Å². The summed E-state index contributed by atoms with van der Waals surface area (Å²) in [5, 5.41) is 0.486. The van der Waals surface area contributed by atoms with Gasteiger partial charge in [-0.05, 0) is 37.1 Å². The van der Waals surface area contributed by atoms with Crippen LogP contribution in [0.25, 0.3) is 10.2 Å². The van der Waals surface area contributed by atoms with Crippen molar-refractivity contribution in [1.82, 2.24) is 14.3 Å². The second-order valence-electron chi connectivity index (χ2n) is 7.85. The van der Waals surface area contributed by atoms with Gasteiger partial charge in [0.15, 0.2) is 5.13 Å². The Labute approximate surface area is 197 Å². The van der Waals surface area contributed by atoms with E-state index in [9.17, 15) is 13.2 Å². The van der Waals surface area contributed by atoms with E-state index in [1.807, 2.05) is 18.2 Å². The lowest BCUT2D eigenvalue weighted by Gasteiger charge is -2.32. The normalized spacial score (nSPS) is 17.1. The number of amides is 1. The van der Waals surface area contributed by atoms with Crippen molar-refractivity contribution in [3.05, 3.63) is 42.2 Å². The SMILES string of the molecule is COc1ccc(OC)c2sc(N(Cc3ccccn3)C(=O)C3CCCN(S(C)(=O)=O)C3)nc12. The van der Waals surface area contributed by atoms with Gasteiger partial charge < -0.3 is 9.47 Å². The molecule has 0 radical (unpaired) electrons. The third-order valence-corrected chi connectivity index (χ3v) is 8.01. The van der Waals surface area contributed by atoms with Gasteiger partial charge in [0.05, 0.1) is 38.6 Å². The maximum absolute atomic E-state index is 13.7. The first-order chi connectivity index (χ1) is 15.8. The van der Waals surface area contributed by atoms with Crippen molar-refractivity contribution in [3.8, 4) is 11.5 Å². The number of benzene rings is 1. The molecule has 3 aromatic rings. The number of methoxy groups -OCH3 is 2. The van der Waals surface area contributed by atoms with Crippen LogP contribution in [0.2, 0.25) is 0 Å². The minimum absolute atomic E-state index is 0.161. The average Bonchev–Trinajstić information content (AvgIpc) is 3.27. The summed E-state index contributed by atoms with van der Waals surface area (Å²) in [6, 6.07) is 9.11. The Morgan fingerprint density at radius 3 is 2.64 bits per heavy atom. The first kappa shape index (κ1) is 23.4. The molecule has 33 heavy (non-hydrogen) atoms. The molecule has 9 nitrogen and oxygen atoms in total. The largest absolute Gasteiger partial charge is 0.495 e. The van der Waals surface area contributed by atoms with Crippen LogP contribution >= 0.6 is 11.3 Å². The van der Waals surface area contributed by atoms with Gasteiger partial charge in [0.25, 0.3) is 0 Å². The van der Waals surface area contributed by atoms with E-state index in [0.717, 1.165) is 4.70 Å². The number of aromatic nitrogens is 2. The lowest BCUT2D eigenvalue weighted by molar-refractivity contribution is -0.123. The van der Waals surface area contributed by atoms with Gasteiger partial charge >= 0.3 is 0 Å². The van der Waals surface area contributed by atoms with Crippen LogP contribution in [0.5, 0.6) is 11.5 Å². The molecule has 0 aliphatic carbocycles. The van der Waals surface area contributed by atoms with Crippen LogP contribution in [0.1, 0.15) is 18.5 Å². The number of thiazole rings is 1. The van der Waals surface area contributed by atoms with Gasteiger partial charge in [0, 0.05) is 19.3 Å². The fourth-order valence-corrected chi connectivity index (χ4v) is 5.94. The molecule has 11 heteroatoms. The smallest absolute Gasteiger partial charge is 0.233 e. The summed E-state index contributed by atoms with van der Waals surface area (Å²) in [6.07, 6.45) is 4.09. The zero-order chi connectivity index (χ0) is 23.6. The Balaban J connectivity index is 1.75. The summed E-state index contributed by atoms with van der Waals surface area (Å²) in [7, 11) is -0.225. The number of pyridine rings is 1. The Kier molecular flexibility index (Phi) is 6.82. The molecule has 0 saturated carbocycles. The molecule has 4 rings (SSSR count). The van der Waals surface area contributed by atoms with Crippen LogP contribution in [-0.4, -0.2) is 62.2 Å². The Hall–Kier alpha value is -2.76. The van der Waals surface area contributed by atoms with Crippen molar-refractivity contribution in [2.45, 2.75) is 19.4 Å². The third kappa shape index (κ3) is 4.94. The fourth-order valence-electron chi connectivity index (χ4n) is 3.95. The molecule has 1 aliphatic heterocycles. The Morgan fingerprint density at radius 1 is 1.21 bits per heavy atom. The first-order valence-corrected chi connectivity index (χ1v) is 13.2. The molecule has 1 amide bonds. The summed E-state index contributed by atoms with van der Waals surface area (Å²) >= 11 is 1.33. The maximum Gasteiger partial charge on any atom is 0.233 e. The van der Waals surface area contributed by atoms with Crippen molar-refractivity contribution in [2.24, 2.45) is 5.92 Å². The van der Waals surface area contributed by atoms with Crippen LogP contribution in [0.3, 0.4) is 0 Å². The molecule has 176 valence electrons. The van der Waals surface area contributed by atoms with Crippen molar-refractivity contribution in [2.75, 3.05) is 38.5 Å². The quantitative estimate of drug-likeness (QED) is 0.502. The average molecular weight is 491 g/mol. The zero-order valence-corrected chi connectivity index (χ0v) is 20.4. The minimum Gasteiger partial charge on any atom is -0.495 e. The number of nitrogens with zero attached hydrogens (tertiary/aromatic N) is 4. The molecule has 1 fully saturated rings. The number of sulfonamides is 1. The molecule has 0 spiro atoms. The second-order valence-corrected chi connectivity index (χ2v) is 10.8. The number of piperidine rings is 1. The minimum atomic E-state index is -3.38. The molecule has 1 atom stereocenters. The molecule has 1 saturated heterocycles. The Bertz CT molecular complexity index is 1210. The number of rotatable bonds is 7. The van der Waals surface area contributed by atoms with Gasteiger partial charge in [-0.3, -0.25) is 14.7 Å². The van der Waals surface area contributed by atoms with Gasteiger partial charge in [0.2, 0.25) is 15.9 Å². The lowest BCUT2D eigenvalue weighted by atomic mass is 9.98. The maximum atomic E-state index is 13.7. The number of carbonyl (C=O) groups is 1. The zero-order valence-electron chi connectivity index (χ0n) is 18.7. The molecule has 2 aromatic heterocycles. The van der Waals surface area contributed by atoms with Crippen LogP contribution < -0.4 is 14.4 Å². The van der Waals surface area contributed by atoms with Gasteiger partial charge in [-0.1, -0.05) is 17.4 Å². The van der Waals surface area contributed by atoms with Crippen LogP contribution in [0.15, 0.2) is 36.5 Å². The van der Waals surface area contributed by atoms with Gasteiger partial charge in [0.1, 0.15) is 21.7 Å². The van der Waals surface area contributed by atoms with E-state index in [1.54, 1.807) is 37.4 Å². The summed E-state index contributed by atoms with van der Waals surface area (Å²) in [5.74, 6) is 0.583. The number of fused-ring (bicyclic) bond motifs is 1. The number of ether oxygens (including phenoxy) is 2. The van der Waals surface area contributed by atoms with E-state index in [-0.39, 0.29) is 19.0 Å². The highest BCUT2D eigenvalue weighted by Gasteiger charge is 2.34. The molecule has 1 aliphatic rings. The second kappa shape index (κ2) is 9.62. The van der Waals surface area contributed by atoms with E-state index in [1.165, 1.54) is 21.9 Å².